The predicted octanol–water partition coefficient (Wildman–Crippen LogP) is 5.94. The molecule has 36 heavy (non-hydrogen) atoms. The molecule has 196 valence electrons. The van der Waals surface area contributed by atoms with Gasteiger partial charge in [-0.3, -0.25) is 4.79 Å². The molecule has 0 radical (unpaired) electrons. The van der Waals surface area contributed by atoms with Crippen LogP contribution in [-0.2, 0) is 15.6 Å². The van der Waals surface area contributed by atoms with Crippen LogP contribution in [0.2, 0.25) is 0 Å². The van der Waals surface area contributed by atoms with E-state index in [1.165, 1.54) is 43.2 Å². The summed E-state index contributed by atoms with van der Waals surface area (Å²) in [5.41, 5.74) is 9.63. The summed E-state index contributed by atoms with van der Waals surface area (Å²) in [5.74, 6) is 1.91. The Bertz CT molecular complexity index is 1050. The SMILES string of the molecule is CC1(C)CCC(C)(C)c2cc(-c3ncnc(C4CCCCC(NCCCCC(N)=O)CC4)n3)ccc21. The summed E-state index contributed by atoms with van der Waals surface area (Å²) in [6, 6.07) is 7.38. The first-order valence-electron chi connectivity index (χ1n) is 14.0. The van der Waals surface area contributed by atoms with Crippen LogP contribution in [0, 0.1) is 0 Å². The average molecular weight is 492 g/mol. The molecule has 0 bridgehead atoms. The van der Waals surface area contributed by atoms with Crippen molar-refractivity contribution in [3.8, 4) is 11.4 Å². The lowest BCUT2D eigenvalue weighted by atomic mass is 9.63. The number of hydrogen-bond acceptors (Lipinski definition) is 5. The lowest BCUT2D eigenvalue weighted by molar-refractivity contribution is -0.118. The molecule has 1 amide bonds. The van der Waals surface area contributed by atoms with E-state index in [0.717, 1.165) is 55.9 Å². The molecule has 1 fully saturated rings. The number of nitrogens with one attached hydrogen (secondary N) is 1. The summed E-state index contributed by atoms with van der Waals surface area (Å²) >= 11 is 0. The first-order chi connectivity index (χ1) is 17.2. The quantitative estimate of drug-likeness (QED) is 0.446. The summed E-state index contributed by atoms with van der Waals surface area (Å²) in [6.45, 7) is 10.4. The fourth-order valence-electron chi connectivity index (χ4n) is 6.04. The zero-order valence-electron chi connectivity index (χ0n) is 22.8. The summed E-state index contributed by atoms with van der Waals surface area (Å²) in [6.07, 6.45) is 13.5. The van der Waals surface area contributed by atoms with Crippen LogP contribution in [0.5, 0.6) is 0 Å². The van der Waals surface area contributed by atoms with Crippen LogP contribution in [-0.4, -0.2) is 33.4 Å². The van der Waals surface area contributed by atoms with Gasteiger partial charge in [0.15, 0.2) is 5.82 Å². The fraction of sp³-hybridized carbons (Fsp3) is 0.667. The molecule has 0 aliphatic heterocycles. The average Bonchev–Trinajstić information content (AvgIpc) is 2.83. The number of primary amides is 1. The standard InChI is InChI=1S/C30H45N5O/c1-29(2)16-17-30(3,4)25-19-22(13-15-24(25)29)28-34-20-33-27(35-28)21-9-5-6-10-23(14-12-21)32-18-8-7-11-26(31)36/h13,15,19-21,23,32H,5-12,14,16-18H2,1-4H3,(H2,31,36). The molecule has 3 N–H and O–H groups in total. The molecule has 1 aromatic carbocycles. The largest absolute Gasteiger partial charge is 0.370 e. The molecule has 0 saturated heterocycles. The number of benzene rings is 1. The zero-order chi connectivity index (χ0) is 25.8. The Hall–Kier alpha value is -2.34. The summed E-state index contributed by atoms with van der Waals surface area (Å²) in [7, 11) is 0. The van der Waals surface area contributed by atoms with E-state index in [2.05, 4.69) is 61.2 Å². The Morgan fingerprint density at radius 2 is 1.72 bits per heavy atom. The third-order valence-corrected chi connectivity index (χ3v) is 8.57. The molecule has 2 aliphatic carbocycles. The Morgan fingerprint density at radius 1 is 0.972 bits per heavy atom. The van der Waals surface area contributed by atoms with Gasteiger partial charge in [-0.1, -0.05) is 52.7 Å². The molecule has 2 aromatic rings. The number of rotatable bonds is 8. The molecule has 1 heterocycles. The number of aromatic nitrogens is 3. The normalized spacial score (nSPS) is 23.3. The highest BCUT2D eigenvalue weighted by Gasteiger charge is 2.37. The van der Waals surface area contributed by atoms with Crippen molar-refractivity contribution in [1.29, 1.82) is 0 Å². The molecular weight excluding hydrogens is 446 g/mol. The van der Waals surface area contributed by atoms with E-state index in [1.807, 2.05) is 0 Å². The second-order valence-electron chi connectivity index (χ2n) is 12.3. The highest BCUT2D eigenvalue weighted by Crippen LogP contribution is 2.46. The Balaban J connectivity index is 1.45. The van der Waals surface area contributed by atoms with Gasteiger partial charge in [0, 0.05) is 23.9 Å². The smallest absolute Gasteiger partial charge is 0.217 e. The zero-order valence-corrected chi connectivity index (χ0v) is 22.8. The van der Waals surface area contributed by atoms with Gasteiger partial charge in [-0.2, -0.15) is 0 Å². The van der Waals surface area contributed by atoms with Gasteiger partial charge >= 0.3 is 0 Å². The highest BCUT2D eigenvalue weighted by molar-refractivity contribution is 5.73. The molecular formula is C30H45N5O. The summed E-state index contributed by atoms with van der Waals surface area (Å²) < 4.78 is 0. The number of fused-ring (bicyclic) bond motifs is 1. The van der Waals surface area contributed by atoms with E-state index >= 15 is 0 Å². The number of unbranched alkanes of at least 4 members (excludes halogenated alkanes) is 1. The third-order valence-electron chi connectivity index (χ3n) is 8.57. The van der Waals surface area contributed by atoms with Crippen molar-refractivity contribution in [2.75, 3.05) is 6.54 Å². The number of carbonyl (C=O) groups is 1. The molecule has 6 heteroatoms. The first-order valence-corrected chi connectivity index (χ1v) is 14.0. The molecule has 1 saturated carbocycles. The van der Waals surface area contributed by atoms with Gasteiger partial charge in [-0.25, -0.2) is 15.0 Å². The maximum absolute atomic E-state index is 10.9. The summed E-state index contributed by atoms with van der Waals surface area (Å²) in [5, 5.41) is 3.71. The van der Waals surface area contributed by atoms with E-state index in [1.54, 1.807) is 6.33 Å². The predicted molar refractivity (Wildman–Crippen MR) is 146 cm³/mol. The van der Waals surface area contributed by atoms with Gasteiger partial charge in [-0.15, -0.1) is 0 Å². The minimum atomic E-state index is -0.205. The number of nitrogens with zero attached hydrogens (tertiary/aromatic N) is 3. The van der Waals surface area contributed by atoms with Gasteiger partial charge in [0.05, 0.1) is 0 Å². The van der Waals surface area contributed by atoms with E-state index in [0.29, 0.717) is 18.4 Å². The molecule has 4 rings (SSSR count). The van der Waals surface area contributed by atoms with Gasteiger partial charge in [-0.05, 0) is 85.9 Å². The fourth-order valence-corrected chi connectivity index (χ4v) is 6.04. The number of amides is 1. The number of hydrogen-bond donors (Lipinski definition) is 2. The second kappa shape index (κ2) is 11.4. The maximum Gasteiger partial charge on any atom is 0.217 e. The second-order valence-corrected chi connectivity index (χ2v) is 12.3. The van der Waals surface area contributed by atoms with Crippen molar-refractivity contribution < 1.29 is 4.79 Å². The van der Waals surface area contributed by atoms with E-state index in [-0.39, 0.29) is 16.7 Å². The van der Waals surface area contributed by atoms with Crippen LogP contribution in [0.1, 0.15) is 121 Å². The molecule has 2 unspecified atom stereocenters. The Kier molecular flexibility index (Phi) is 8.44. The first kappa shape index (κ1) is 26.7. The number of carbonyl (C=O) groups excluding carboxylic acids is 1. The van der Waals surface area contributed by atoms with E-state index in [9.17, 15) is 4.79 Å². The molecule has 2 atom stereocenters. The van der Waals surface area contributed by atoms with Crippen molar-refractivity contribution in [2.45, 2.75) is 121 Å². The molecule has 6 nitrogen and oxygen atoms in total. The molecule has 1 aromatic heterocycles. The monoisotopic (exact) mass is 491 g/mol. The minimum Gasteiger partial charge on any atom is -0.370 e. The van der Waals surface area contributed by atoms with Crippen molar-refractivity contribution in [2.24, 2.45) is 5.73 Å². The highest BCUT2D eigenvalue weighted by atomic mass is 16.1. The van der Waals surface area contributed by atoms with Crippen LogP contribution in [0.15, 0.2) is 24.5 Å². The third kappa shape index (κ3) is 6.50. The van der Waals surface area contributed by atoms with Crippen molar-refractivity contribution in [3.05, 3.63) is 41.5 Å². The van der Waals surface area contributed by atoms with Crippen LogP contribution in [0.4, 0.5) is 0 Å². The number of nitrogens with two attached hydrogens (primary N) is 1. The van der Waals surface area contributed by atoms with E-state index < -0.39 is 0 Å². The summed E-state index contributed by atoms with van der Waals surface area (Å²) in [4.78, 5) is 25.2. The van der Waals surface area contributed by atoms with Gasteiger partial charge in [0.1, 0.15) is 12.2 Å². The Labute approximate surface area is 217 Å². The Morgan fingerprint density at radius 3 is 2.50 bits per heavy atom. The van der Waals surface area contributed by atoms with Crippen LogP contribution in [0.25, 0.3) is 11.4 Å². The van der Waals surface area contributed by atoms with Gasteiger partial charge in [0.2, 0.25) is 5.91 Å². The van der Waals surface area contributed by atoms with Crippen molar-refractivity contribution >= 4 is 5.91 Å². The van der Waals surface area contributed by atoms with Gasteiger partial charge in [0.25, 0.3) is 0 Å². The van der Waals surface area contributed by atoms with Crippen molar-refractivity contribution in [3.63, 3.8) is 0 Å². The minimum absolute atomic E-state index is 0.165. The topological polar surface area (TPSA) is 93.8 Å². The van der Waals surface area contributed by atoms with Crippen LogP contribution >= 0.6 is 0 Å². The lowest BCUT2D eigenvalue weighted by Crippen LogP contribution is -2.33. The van der Waals surface area contributed by atoms with Gasteiger partial charge < -0.3 is 11.1 Å². The molecule has 2 aliphatic rings. The van der Waals surface area contributed by atoms with Crippen molar-refractivity contribution in [1.82, 2.24) is 20.3 Å². The maximum atomic E-state index is 10.9. The van der Waals surface area contributed by atoms with E-state index in [4.69, 9.17) is 10.7 Å². The van der Waals surface area contributed by atoms with Crippen LogP contribution in [0.3, 0.4) is 0 Å². The lowest BCUT2D eigenvalue weighted by Gasteiger charge is -2.42. The molecule has 0 spiro atoms. The van der Waals surface area contributed by atoms with Crippen LogP contribution < -0.4 is 11.1 Å².